The minimum absolute atomic E-state index is 0.00557. The first-order valence-corrected chi connectivity index (χ1v) is 13.2. The summed E-state index contributed by atoms with van der Waals surface area (Å²) < 4.78 is 28.2. The second-order valence-electron chi connectivity index (χ2n) is 8.63. The number of aromatic nitrogens is 3. The van der Waals surface area contributed by atoms with Gasteiger partial charge in [-0.3, -0.25) is 9.20 Å². The van der Waals surface area contributed by atoms with Crippen molar-refractivity contribution in [2.45, 2.75) is 43.7 Å². The second kappa shape index (κ2) is 9.02. The normalized spacial score (nSPS) is 13.8. The lowest BCUT2D eigenvalue weighted by Gasteiger charge is -2.11. The van der Waals surface area contributed by atoms with Gasteiger partial charge in [-0.2, -0.15) is 0 Å². The molecule has 1 N–H and O–H groups in total. The van der Waals surface area contributed by atoms with Crippen LogP contribution in [0.5, 0.6) is 0 Å². The number of nitrogens with one attached hydrogen (secondary N) is 1. The van der Waals surface area contributed by atoms with E-state index in [0.717, 1.165) is 36.1 Å². The van der Waals surface area contributed by atoms with Crippen LogP contribution in [0.2, 0.25) is 0 Å². The molecule has 1 fully saturated rings. The molecule has 5 rings (SSSR count). The van der Waals surface area contributed by atoms with Crippen LogP contribution in [0, 0.1) is 0 Å². The fraction of sp³-hybridized carbons (Fsp3) is 0.269. The molecule has 8 heteroatoms. The van der Waals surface area contributed by atoms with Crippen molar-refractivity contribution in [1.82, 2.24) is 19.7 Å². The van der Waals surface area contributed by atoms with E-state index in [1.165, 1.54) is 0 Å². The topological polar surface area (TPSA) is 93.4 Å². The number of amides is 1. The summed E-state index contributed by atoms with van der Waals surface area (Å²) in [6.07, 6.45) is 6.88. The van der Waals surface area contributed by atoms with Crippen LogP contribution >= 0.6 is 0 Å². The number of imidazole rings is 1. The molecule has 34 heavy (non-hydrogen) atoms. The molecule has 0 bridgehead atoms. The SMILES string of the molecule is CCCCS(=O)(=O)c1nc(-c2ccccc2)cn2c(-c3ccc(C(=O)NC4CC4)cc3)cnc12. The Morgan fingerprint density at radius 2 is 1.79 bits per heavy atom. The number of rotatable bonds is 8. The largest absolute Gasteiger partial charge is 0.349 e. The average molecular weight is 475 g/mol. The fourth-order valence-electron chi connectivity index (χ4n) is 3.85. The predicted molar refractivity (Wildman–Crippen MR) is 131 cm³/mol. The Balaban J connectivity index is 1.61. The summed E-state index contributed by atoms with van der Waals surface area (Å²) >= 11 is 0. The monoisotopic (exact) mass is 474 g/mol. The maximum atomic E-state index is 13.2. The summed E-state index contributed by atoms with van der Waals surface area (Å²) in [4.78, 5) is 21.3. The van der Waals surface area contributed by atoms with Crippen molar-refractivity contribution in [3.05, 3.63) is 72.6 Å². The minimum atomic E-state index is -3.62. The molecule has 0 spiro atoms. The molecule has 2 aromatic heterocycles. The molecule has 1 aliphatic rings. The quantitative estimate of drug-likeness (QED) is 0.405. The zero-order valence-corrected chi connectivity index (χ0v) is 19.8. The van der Waals surface area contributed by atoms with Crippen LogP contribution in [-0.2, 0) is 9.84 Å². The molecule has 0 radical (unpaired) electrons. The van der Waals surface area contributed by atoms with E-state index in [1.807, 2.05) is 55.6 Å². The van der Waals surface area contributed by atoms with Crippen molar-refractivity contribution >= 4 is 21.4 Å². The van der Waals surface area contributed by atoms with Gasteiger partial charge < -0.3 is 5.32 Å². The van der Waals surface area contributed by atoms with Crippen molar-refractivity contribution < 1.29 is 13.2 Å². The first-order valence-electron chi connectivity index (χ1n) is 11.5. The summed E-state index contributed by atoms with van der Waals surface area (Å²) in [5, 5.41) is 2.98. The smallest absolute Gasteiger partial charge is 0.251 e. The highest BCUT2D eigenvalue weighted by molar-refractivity contribution is 7.91. The van der Waals surface area contributed by atoms with Crippen LogP contribution in [0.4, 0.5) is 0 Å². The van der Waals surface area contributed by atoms with Crippen molar-refractivity contribution in [1.29, 1.82) is 0 Å². The van der Waals surface area contributed by atoms with Crippen LogP contribution in [0.1, 0.15) is 43.0 Å². The molecule has 1 amide bonds. The van der Waals surface area contributed by atoms with E-state index in [2.05, 4.69) is 15.3 Å². The Hall–Kier alpha value is -3.52. The van der Waals surface area contributed by atoms with Gasteiger partial charge in [0.05, 0.1) is 23.3 Å². The molecule has 0 unspecified atom stereocenters. The Bertz CT molecular complexity index is 1440. The van der Waals surface area contributed by atoms with Gasteiger partial charge in [-0.15, -0.1) is 0 Å². The number of benzene rings is 2. The Morgan fingerprint density at radius 1 is 1.06 bits per heavy atom. The van der Waals surface area contributed by atoms with Crippen LogP contribution < -0.4 is 5.32 Å². The standard InChI is InChI=1S/C26H26N4O3S/c1-2-3-15-34(32,33)26-24-27-16-23(30(24)17-22(29-26)18-7-5-4-6-8-18)19-9-11-20(12-10-19)25(31)28-21-13-14-21/h4-12,16-17,21H,2-3,13-15H2,1H3,(H,28,31). The first kappa shape index (κ1) is 22.3. The minimum Gasteiger partial charge on any atom is -0.349 e. The number of hydrogen-bond donors (Lipinski definition) is 1. The maximum absolute atomic E-state index is 13.2. The number of carbonyl (C=O) groups is 1. The van der Waals surface area contributed by atoms with Crippen molar-refractivity contribution in [3.8, 4) is 22.5 Å². The van der Waals surface area contributed by atoms with E-state index < -0.39 is 9.84 Å². The van der Waals surface area contributed by atoms with Crippen molar-refractivity contribution in [2.75, 3.05) is 5.75 Å². The summed E-state index contributed by atoms with van der Waals surface area (Å²) in [7, 11) is -3.62. The Kier molecular flexibility index (Phi) is 5.91. The second-order valence-corrected chi connectivity index (χ2v) is 10.7. The van der Waals surface area contributed by atoms with Gasteiger partial charge in [0.1, 0.15) is 0 Å². The zero-order chi connectivity index (χ0) is 23.7. The molecule has 0 aliphatic heterocycles. The van der Waals surface area contributed by atoms with Gasteiger partial charge in [0.15, 0.2) is 20.5 Å². The van der Waals surface area contributed by atoms with Gasteiger partial charge in [-0.1, -0.05) is 55.8 Å². The fourth-order valence-corrected chi connectivity index (χ4v) is 5.38. The van der Waals surface area contributed by atoms with Crippen molar-refractivity contribution in [2.24, 2.45) is 0 Å². The molecule has 0 atom stereocenters. The number of unbranched alkanes of at least 4 members (excludes halogenated alkanes) is 1. The van der Waals surface area contributed by atoms with E-state index in [4.69, 9.17) is 0 Å². The molecule has 1 saturated carbocycles. The third-order valence-electron chi connectivity index (χ3n) is 5.95. The number of nitrogens with zero attached hydrogens (tertiary/aromatic N) is 3. The summed E-state index contributed by atoms with van der Waals surface area (Å²) in [6, 6.07) is 17.1. The lowest BCUT2D eigenvalue weighted by Crippen LogP contribution is -2.25. The maximum Gasteiger partial charge on any atom is 0.251 e. The summed E-state index contributed by atoms with van der Waals surface area (Å²) in [6.45, 7) is 1.96. The van der Waals surface area contributed by atoms with E-state index in [-0.39, 0.29) is 16.7 Å². The van der Waals surface area contributed by atoms with Gasteiger partial charge in [0.25, 0.3) is 5.91 Å². The van der Waals surface area contributed by atoms with Gasteiger partial charge in [-0.05, 0) is 31.4 Å². The highest BCUT2D eigenvalue weighted by Gasteiger charge is 2.25. The van der Waals surface area contributed by atoms with Gasteiger partial charge in [-0.25, -0.2) is 18.4 Å². The molecular formula is C26H26N4O3S. The molecule has 4 aromatic rings. The third-order valence-corrected chi connectivity index (χ3v) is 7.64. The first-order chi connectivity index (χ1) is 16.5. The highest BCUT2D eigenvalue weighted by atomic mass is 32.2. The molecule has 7 nitrogen and oxygen atoms in total. The molecule has 174 valence electrons. The highest BCUT2D eigenvalue weighted by Crippen LogP contribution is 2.28. The number of carbonyl (C=O) groups excluding carboxylic acids is 1. The van der Waals surface area contributed by atoms with Gasteiger partial charge in [0.2, 0.25) is 0 Å². The number of hydrogen-bond acceptors (Lipinski definition) is 5. The molecular weight excluding hydrogens is 448 g/mol. The van der Waals surface area contributed by atoms with Crippen LogP contribution in [-0.4, -0.2) is 40.5 Å². The van der Waals surface area contributed by atoms with E-state index in [1.54, 1.807) is 22.7 Å². The van der Waals surface area contributed by atoms with E-state index >= 15 is 0 Å². The number of sulfone groups is 1. The van der Waals surface area contributed by atoms with Crippen LogP contribution in [0.3, 0.4) is 0 Å². The lowest BCUT2D eigenvalue weighted by molar-refractivity contribution is 0.0951. The molecule has 0 saturated heterocycles. The van der Waals surface area contributed by atoms with Gasteiger partial charge in [0, 0.05) is 28.9 Å². The van der Waals surface area contributed by atoms with Crippen molar-refractivity contribution in [3.63, 3.8) is 0 Å². The summed E-state index contributed by atoms with van der Waals surface area (Å²) in [5.74, 6) is -0.0516. The van der Waals surface area contributed by atoms with E-state index in [9.17, 15) is 13.2 Å². The van der Waals surface area contributed by atoms with Crippen LogP contribution in [0.25, 0.3) is 28.2 Å². The third kappa shape index (κ3) is 4.46. The average Bonchev–Trinajstić information content (AvgIpc) is 3.57. The van der Waals surface area contributed by atoms with E-state index in [0.29, 0.717) is 29.4 Å². The predicted octanol–water partition coefficient (Wildman–Crippen LogP) is 4.53. The van der Waals surface area contributed by atoms with Gasteiger partial charge >= 0.3 is 0 Å². The zero-order valence-electron chi connectivity index (χ0n) is 18.9. The molecule has 1 aliphatic carbocycles. The molecule has 2 aromatic carbocycles. The summed E-state index contributed by atoms with van der Waals surface area (Å²) in [5.41, 5.74) is 3.85. The van der Waals surface area contributed by atoms with Crippen LogP contribution in [0.15, 0.2) is 72.0 Å². The number of fused-ring (bicyclic) bond motifs is 1. The lowest BCUT2D eigenvalue weighted by atomic mass is 10.1. The molecule has 2 heterocycles. The Morgan fingerprint density at radius 3 is 2.47 bits per heavy atom. The Labute approximate surface area is 198 Å².